The molecule has 1 saturated heterocycles. The van der Waals surface area contributed by atoms with Crippen LogP contribution >= 0.6 is 11.3 Å². The standard InChI is InChI=1S/C27H28N8O2S/c1-34(2)7-6-29-27(36)18-12-17(14-28-15-18)23-13-22-24(38-23)26(35-8-10-37-11-9-35)32-25(31-22)19-4-3-5-21-20(19)16-30-33-21/h3-5,12-16H,6-11H2,1-2H3,(H,29,36)(H,30,33). The van der Waals surface area contributed by atoms with Crippen LogP contribution < -0.4 is 10.2 Å². The number of carbonyl (C=O) groups excluding carboxylic acids is 1. The fourth-order valence-electron chi connectivity index (χ4n) is 4.52. The zero-order chi connectivity index (χ0) is 26.1. The van der Waals surface area contributed by atoms with Crippen LogP contribution in [0, 0.1) is 0 Å². The number of fused-ring (bicyclic) bond motifs is 2. The molecule has 2 N–H and O–H groups in total. The zero-order valence-electron chi connectivity index (χ0n) is 21.3. The largest absolute Gasteiger partial charge is 0.378 e. The van der Waals surface area contributed by atoms with Gasteiger partial charge in [-0.25, -0.2) is 9.97 Å². The van der Waals surface area contributed by atoms with Crippen LogP contribution in [0.4, 0.5) is 5.82 Å². The summed E-state index contributed by atoms with van der Waals surface area (Å²) in [5, 5.41) is 11.2. The number of benzene rings is 1. The first-order valence-corrected chi connectivity index (χ1v) is 13.3. The van der Waals surface area contributed by atoms with Gasteiger partial charge in [0.2, 0.25) is 0 Å². The monoisotopic (exact) mass is 528 g/mol. The Kier molecular flexibility index (Phi) is 6.71. The summed E-state index contributed by atoms with van der Waals surface area (Å²) in [7, 11) is 3.95. The third-order valence-electron chi connectivity index (χ3n) is 6.52. The third kappa shape index (κ3) is 4.83. The molecule has 0 bridgehead atoms. The van der Waals surface area contributed by atoms with E-state index in [2.05, 4.69) is 31.5 Å². The van der Waals surface area contributed by atoms with E-state index in [1.807, 2.05) is 49.5 Å². The van der Waals surface area contributed by atoms with Crippen molar-refractivity contribution in [1.82, 2.24) is 35.4 Å². The van der Waals surface area contributed by atoms with E-state index in [0.717, 1.165) is 62.6 Å². The number of ether oxygens (including phenoxy) is 1. The molecule has 4 aromatic heterocycles. The molecule has 11 heteroatoms. The average molecular weight is 529 g/mol. The third-order valence-corrected chi connectivity index (χ3v) is 7.69. The average Bonchev–Trinajstić information content (AvgIpc) is 3.60. The lowest BCUT2D eigenvalue weighted by Gasteiger charge is -2.28. The van der Waals surface area contributed by atoms with E-state index in [9.17, 15) is 4.79 Å². The van der Waals surface area contributed by atoms with Gasteiger partial charge >= 0.3 is 0 Å². The first-order chi connectivity index (χ1) is 18.6. The molecule has 1 aromatic carbocycles. The van der Waals surface area contributed by atoms with Crippen LogP contribution in [0.1, 0.15) is 10.4 Å². The molecule has 1 fully saturated rings. The maximum absolute atomic E-state index is 12.7. The number of morpholine rings is 1. The topological polar surface area (TPSA) is 112 Å². The van der Waals surface area contributed by atoms with Crippen LogP contribution in [0.3, 0.4) is 0 Å². The molecule has 38 heavy (non-hydrogen) atoms. The second kappa shape index (κ2) is 10.4. The number of hydrogen-bond donors (Lipinski definition) is 2. The molecule has 0 saturated carbocycles. The summed E-state index contributed by atoms with van der Waals surface area (Å²) in [6.45, 7) is 4.19. The molecule has 1 aliphatic rings. The van der Waals surface area contributed by atoms with Crippen LogP contribution in [0.15, 0.2) is 48.9 Å². The van der Waals surface area contributed by atoms with Crippen molar-refractivity contribution in [2.24, 2.45) is 0 Å². The summed E-state index contributed by atoms with van der Waals surface area (Å²) in [5.41, 5.74) is 4.14. The Bertz CT molecular complexity index is 1610. The lowest BCUT2D eigenvalue weighted by molar-refractivity contribution is 0.0950. The van der Waals surface area contributed by atoms with E-state index >= 15 is 0 Å². The zero-order valence-corrected chi connectivity index (χ0v) is 22.1. The molecular formula is C27H28N8O2S. The van der Waals surface area contributed by atoms with Crippen LogP contribution in [0.2, 0.25) is 0 Å². The molecule has 5 aromatic rings. The summed E-state index contributed by atoms with van der Waals surface area (Å²) in [6.07, 6.45) is 5.20. The highest BCUT2D eigenvalue weighted by molar-refractivity contribution is 7.22. The molecule has 10 nitrogen and oxygen atoms in total. The van der Waals surface area contributed by atoms with Gasteiger partial charge in [0.25, 0.3) is 5.91 Å². The Hall–Kier alpha value is -3.93. The molecule has 1 aliphatic heterocycles. The molecule has 0 aliphatic carbocycles. The van der Waals surface area contributed by atoms with Crippen molar-refractivity contribution in [2.45, 2.75) is 0 Å². The number of likely N-dealkylation sites (N-methyl/N-ethyl adjacent to an activating group) is 1. The van der Waals surface area contributed by atoms with E-state index < -0.39 is 0 Å². The van der Waals surface area contributed by atoms with Crippen molar-refractivity contribution in [1.29, 1.82) is 0 Å². The number of hydrogen-bond acceptors (Lipinski definition) is 9. The Labute approximate surface area is 223 Å². The van der Waals surface area contributed by atoms with Gasteiger partial charge in [-0.05, 0) is 32.3 Å². The molecule has 194 valence electrons. The summed E-state index contributed by atoms with van der Waals surface area (Å²) >= 11 is 1.62. The highest BCUT2D eigenvalue weighted by Crippen LogP contribution is 2.39. The molecule has 6 rings (SSSR count). The lowest BCUT2D eigenvalue weighted by atomic mass is 10.1. The van der Waals surface area contributed by atoms with Gasteiger partial charge in [0.1, 0.15) is 0 Å². The Balaban J connectivity index is 1.41. The van der Waals surface area contributed by atoms with Crippen LogP contribution in [-0.2, 0) is 4.74 Å². The smallest absolute Gasteiger partial charge is 0.252 e. The maximum Gasteiger partial charge on any atom is 0.252 e. The first kappa shape index (κ1) is 24.4. The van der Waals surface area contributed by atoms with E-state index in [1.54, 1.807) is 23.7 Å². The van der Waals surface area contributed by atoms with E-state index in [4.69, 9.17) is 14.7 Å². The summed E-state index contributed by atoms with van der Waals surface area (Å²) in [4.78, 5) is 32.4. The number of amides is 1. The number of H-pyrrole nitrogens is 1. The highest BCUT2D eigenvalue weighted by atomic mass is 32.1. The number of pyridine rings is 1. The van der Waals surface area contributed by atoms with Crippen LogP contribution in [-0.4, -0.2) is 89.4 Å². The summed E-state index contributed by atoms with van der Waals surface area (Å²) in [6, 6.07) is 9.95. The highest BCUT2D eigenvalue weighted by Gasteiger charge is 2.22. The van der Waals surface area contributed by atoms with E-state index in [-0.39, 0.29) is 5.91 Å². The van der Waals surface area contributed by atoms with E-state index in [1.165, 1.54) is 0 Å². The van der Waals surface area contributed by atoms with Crippen molar-refractivity contribution < 1.29 is 9.53 Å². The predicted molar refractivity (Wildman–Crippen MR) is 150 cm³/mol. The lowest BCUT2D eigenvalue weighted by Crippen LogP contribution is -2.36. The number of nitrogens with one attached hydrogen (secondary N) is 2. The SMILES string of the molecule is CN(C)CCNC(=O)c1cncc(-c2cc3nc(-c4cccc5[nH]ncc45)nc(N4CCOCC4)c3s2)c1. The Morgan fingerprint density at radius 2 is 2.03 bits per heavy atom. The fraction of sp³-hybridized carbons (Fsp3) is 0.296. The maximum atomic E-state index is 12.7. The molecule has 0 spiro atoms. The second-order valence-corrected chi connectivity index (χ2v) is 10.5. The Morgan fingerprint density at radius 3 is 2.87 bits per heavy atom. The van der Waals surface area contributed by atoms with Crippen molar-refractivity contribution in [3.05, 3.63) is 54.5 Å². The predicted octanol–water partition coefficient (Wildman–Crippen LogP) is 3.42. The number of carbonyl (C=O) groups is 1. The molecular weight excluding hydrogens is 500 g/mol. The normalized spacial score (nSPS) is 14.0. The van der Waals surface area contributed by atoms with Gasteiger partial charge in [-0.1, -0.05) is 12.1 Å². The number of rotatable bonds is 7. The summed E-state index contributed by atoms with van der Waals surface area (Å²) < 4.78 is 6.61. The van der Waals surface area contributed by atoms with Crippen molar-refractivity contribution in [2.75, 3.05) is 58.4 Å². The molecule has 1 amide bonds. The second-order valence-electron chi connectivity index (χ2n) is 9.45. The van der Waals surface area contributed by atoms with Gasteiger partial charge in [-0.2, -0.15) is 5.10 Å². The van der Waals surface area contributed by atoms with Crippen LogP contribution in [0.5, 0.6) is 0 Å². The van der Waals surface area contributed by atoms with E-state index in [0.29, 0.717) is 31.1 Å². The quantitative estimate of drug-likeness (QED) is 0.331. The number of aromatic nitrogens is 5. The van der Waals surface area contributed by atoms with Gasteiger partial charge in [0.15, 0.2) is 11.6 Å². The number of nitrogens with zero attached hydrogens (tertiary/aromatic N) is 6. The van der Waals surface area contributed by atoms with Crippen molar-refractivity contribution in [3.63, 3.8) is 0 Å². The fourth-order valence-corrected chi connectivity index (χ4v) is 5.62. The summed E-state index contributed by atoms with van der Waals surface area (Å²) in [5.74, 6) is 1.42. The molecule has 0 atom stereocenters. The number of thiophene rings is 1. The van der Waals surface area contributed by atoms with Gasteiger partial charge in [-0.15, -0.1) is 11.3 Å². The van der Waals surface area contributed by atoms with Gasteiger partial charge < -0.3 is 19.9 Å². The first-order valence-electron chi connectivity index (χ1n) is 12.5. The minimum atomic E-state index is -0.133. The molecule has 0 unspecified atom stereocenters. The molecule has 0 radical (unpaired) electrons. The molecule has 5 heterocycles. The van der Waals surface area contributed by atoms with Gasteiger partial charge in [0, 0.05) is 60.0 Å². The minimum absolute atomic E-state index is 0.133. The van der Waals surface area contributed by atoms with Crippen molar-refractivity contribution >= 4 is 44.2 Å². The van der Waals surface area contributed by atoms with Gasteiger partial charge in [-0.3, -0.25) is 14.9 Å². The number of aromatic amines is 1. The Morgan fingerprint density at radius 1 is 1.16 bits per heavy atom. The van der Waals surface area contributed by atoms with Crippen molar-refractivity contribution in [3.8, 4) is 21.8 Å². The number of anilines is 1. The van der Waals surface area contributed by atoms with Gasteiger partial charge in [0.05, 0.1) is 40.7 Å². The van der Waals surface area contributed by atoms with Crippen LogP contribution in [0.25, 0.3) is 42.9 Å². The minimum Gasteiger partial charge on any atom is -0.378 e.